The van der Waals surface area contributed by atoms with Crippen LogP contribution in [0.1, 0.15) is 18.1 Å². The smallest absolute Gasteiger partial charge is 0.279 e. The van der Waals surface area contributed by atoms with Crippen molar-refractivity contribution in [2.24, 2.45) is 0 Å². The molecule has 0 fully saturated rings. The van der Waals surface area contributed by atoms with Crippen molar-refractivity contribution in [1.29, 1.82) is 0 Å². The van der Waals surface area contributed by atoms with Crippen molar-refractivity contribution in [2.45, 2.75) is 31.8 Å². The van der Waals surface area contributed by atoms with Crippen molar-refractivity contribution in [3.63, 3.8) is 0 Å². The second-order valence-electron chi connectivity index (χ2n) is 5.60. The molecule has 132 valence electrons. The molecule has 0 aliphatic heterocycles. The summed E-state index contributed by atoms with van der Waals surface area (Å²) in [4.78, 5) is 24.9. The Morgan fingerprint density at radius 3 is 2.48 bits per heavy atom. The Hall–Kier alpha value is -2.47. The molecule has 0 aliphatic rings. The van der Waals surface area contributed by atoms with E-state index in [1.807, 2.05) is 62.4 Å². The van der Waals surface area contributed by atoms with Gasteiger partial charge in [0.2, 0.25) is 5.91 Å². The van der Waals surface area contributed by atoms with Gasteiger partial charge in [0.15, 0.2) is 6.10 Å². The molecule has 0 aromatic heterocycles. The van der Waals surface area contributed by atoms with Crippen molar-refractivity contribution >= 4 is 23.6 Å². The van der Waals surface area contributed by atoms with Crippen molar-refractivity contribution in [1.82, 2.24) is 10.9 Å². The van der Waals surface area contributed by atoms with Gasteiger partial charge in [0.05, 0.1) is 5.75 Å². The summed E-state index contributed by atoms with van der Waals surface area (Å²) in [6, 6.07) is 15.3. The Bertz CT molecular complexity index is 735. The van der Waals surface area contributed by atoms with Crippen molar-refractivity contribution < 1.29 is 14.3 Å². The maximum atomic E-state index is 12.1. The van der Waals surface area contributed by atoms with E-state index in [1.54, 1.807) is 6.92 Å². The summed E-state index contributed by atoms with van der Waals surface area (Å²) in [5, 5.41) is 0. The second-order valence-corrected chi connectivity index (χ2v) is 6.65. The predicted molar refractivity (Wildman–Crippen MR) is 99.5 cm³/mol. The highest BCUT2D eigenvalue weighted by molar-refractivity contribution is 8.00. The average molecular weight is 358 g/mol. The summed E-state index contributed by atoms with van der Waals surface area (Å²) in [5.74, 6) is 0.199. The summed E-state index contributed by atoms with van der Waals surface area (Å²) in [5.41, 5.74) is 6.89. The number of aryl methyl sites for hydroxylation is 1. The van der Waals surface area contributed by atoms with E-state index in [0.29, 0.717) is 5.75 Å². The normalized spacial score (nSPS) is 11.5. The van der Waals surface area contributed by atoms with Crippen LogP contribution in [0.15, 0.2) is 53.4 Å². The number of hydrazine groups is 1. The fraction of sp³-hybridized carbons (Fsp3) is 0.263. The van der Waals surface area contributed by atoms with Crippen LogP contribution in [0.3, 0.4) is 0 Å². The van der Waals surface area contributed by atoms with Crippen LogP contribution in [0.5, 0.6) is 5.75 Å². The highest BCUT2D eigenvalue weighted by Gasteiger charge is 2.16. The molecule has 5 nitrogen and oxygen atoms in total. The summed E-state index contributed by atoms with van der Waals surface area (Å²) >= 11 is 1.40. The molecule has 6 heteroatoms. The van der Waals surface area contributed by atoms with Gasteiger partial charge in [-0.15, -0.1) is 11.8 Å². The maximum absolute atomic E-state index is 12.1. The predicted octanol–water partition coefficient (Wildman–Crippen LogP) is 3.01. The molecule has 0 saturated carbocycles. The second kappa shape index (κ2) is 9.13. The monoisotopic (exact) mass is 358 g/mol. The molecule has 2 aromatic rings. The fourth-order valence-corrected chi connectivity index (χ4v) is 2.75. The van der Waals surface area contributed by atoms with Gasteiger partial charge in [-0.3, -0.25) is 20.4 Å². The van der Waals surface area contributed by atoms with Crippen LogP contribution in [0, 0.1) is 13.8 Å². The summed E-state index contributed by atoms with van der Waals surface area (Å²) < 4.78 is 5.68. The molecule has 2 amide bonds. The highest BCUT2D eigenvalue weighted by Crippen LogP contribution is 2.21. The van der Waals surface area contributed by atoms with Crippen LogP contribution in [0.4, 0.5) is 0 Å². The van der Waals surface area contributed by atoms with Gasteiger partial charge in [0.1, 0.15) is 5.75 Å². The van der Waals surface area contributed by atoms with E-state index in [1.165, 1.54) is 11.8 Å². The average Bonchev–Trinajstić information content (AvgIpc) is 2.62. The lowest BCUT2D eigenvalue weighted by molar-refractivity contribution is -0.131. The molecule has 0 aliphatic carbocycles. The standard InChI is InChI=1S/C19H22N2O3S/c1-13-8-7-11-17(14(13)2)24-15(3)19(23)21-20-18(22)12-25-16-9-5-4-6-10-16/h4-11,15H,12H2,1-3H3,(H,20,22)(H,21,23). The number of carbonyl (C=O) groups excluding carboxylic acids is 2. The number of hydrogen-bond acceptors (Lipinski definition) is 4. The largest absolute Gasteiger partial charge is 0.481 e. The molecule has 1 unspecified atom stereocenters. The summed E-state index contributed by atoms with van der Waals surface area (Å²) in [6.45, 7) is 5.57. The molecule has 1 atom stereocenters. The first-order valence-electron chi connectivity index (χ1n) is 7.97. The summed E-state index contributed by atoms with van der Waals surface area (Å²) in [6.07, 6.45) is -0.720. The first-order valence-corrected chi connectivity index (χ1v) is 8.95. The molecular formula is C19H22N2O3S. The molecule has 0 saturated heterocycles. The minimum atomic E-state index is -0.720. The van der Waals surface area contributed by atoms with Gasteiger partial charge >= 0.3 is 0 Å². The van der Waals surface area contributed by atoms with Gasteiger partial charge in [0.25, 0.3) is 5.91 Å². The van der Waals surface area contributed by atoms with E-state index in [-0.39, 0.29) is 11.7 Å². The Labute approximate surface area is 152 Å². The van der Waals surface area contributed by atoms with E-state index in [9.17, 15) is 9.59 Å². The van der Waals surface area contributed by atoms with Crippen LogP contribution in [0.2, 0.25) is 0 Å². The van der Waals surface area contributed by atoms with Crippen LogP contribution in [-0.2, 0) is 9.59 Å². The molecule has 0 heterocycles. The fourth-order valence-electron chi connectivity index (χ4n) is 2.03. The zero-order valence-corrected chi connectivity index (χ0v) is 15.4. The third-order valence-corrected chi connectivity index (χ3v) is 4.68. The van der Waals surface area contributed by atoms with E-state index < -0.39 is 12.0 Å². The van der Waals surface area contributed by atoms with E-state index in [4.69, 9.17) is 4.74 Å². The molecule has 25 heavy (non-hydrogen) atoms. The zero-order chi connectivity index (χ0) is 18.2. The van der Waals surface area contributed by atoms with Gasteiger partial charge in [-0.1, -0.05) is 30.3 Å². The summed E-state index contributed by atoms with van der Waals surface area (Å²) in [7, 11) is 0. The van der Waals surface area contributed by atoms with Gasteiger partial charge in [-0.2, -0.15) is 0 Å². The number of hydrogen-bond donors (Lipinski definition) is 2. The third-order valence-electron chi connectivity index (χ3n) is 3.67. The molecule has 2 N–H and O–H groups in total. The maximum Gasteiger partial charge on any atom is 0.279 e. The minimum absolute atomic E-state index is 0.219. The number of benzene rings is 2. The number of amides is 2. The third kappa shape index (κ3) is 5.83. The lowest BCUT2D eigenvalue weighted by Gasteiger charge is -2.17. The van der Waals surface area contributed by atoms with Crippen LogP contribution in [-0.4, -0.2) is 23.7 Å². The SMILES string of the molecule is Cc1cccc(OC(C)C(=O)NNC(=O)CSc2ccccc2)c1C. The van der Waals surface area contributed by atoms with Gasteiger partial charge in [0, 0.05) is 4.90 Å². The Balaban J connectivity index is 1.77. The molecule has 2 aromatic carbocycles. The van der Waals surface area contributed by atoms with E-state index in [2.05, 4.69) is 10.9 Å². The number of nitrogens with one attached hydrogen (secondary N) is 2. The van der Waals surface area contributed by atoms with E-state index in [0.717, 1.165) is 16.0 Å². The van der Waals surface area contributed by atoms with Crippen LogP contribution < -0.4 is 15.6 Å². The lowest BCUT2D eigenvalue weighted by atomic mass is 10.1. The lowest BCUT2D eigenvalue weighted by Crippen LogP contribution is -2.47. The molecular weight excluding hydrogens is 336 g/mol. The molecule has 0 spiro atoms. The Kier molecular flexibility index (Phi) is 6.89. The quantitative estimate of drug-likeness (QED) is 0.615. The van der Waals surface area contributed by atoms with Crippen molar-refractivity contribution in [3.8, 4) is 5.75 Å². The highest BCUT2D eigenvalue weighted by atomic mass is 32.2. The first kappa shape index (κ1) is 18.9. The minimum Gasteiger partial charge on any atom is -0.481 e. The van der Waals surface area contributed by atoms with Crippen molar-refractivity contribution in [3.05, 3.63) is 59.7 Å². The van der Waals surface area contributed by atoms with Crippen molar-refractivity contribution in [2.75, 3.05) is 5.75 Å². The van der Waals surface area contributed by atoms with E-state index >= 15 is 0 Å². The van der Waals surface area contributed by atoms with Crippen LogP contribution in [0.25, 0.3) is 0 Å². The van der Waals surface area contributed by atoms with Gasteiger partial charge in [-0.05, 0) is 50.1 Å². The number of carbonyl (C=O) groups is 2. The Morgan fingerprint density at radius 2 is 1.76 bits per heavy atom. The Morgan fingerprint density at radius 1 is 1.04 bits per heavy atom. The molecule has 2 rings (SSSR count). The molecule has 0 bridgehead atoms. The number of rotatable bonds is 6. The van der Waals surface area contributed by atoms with Gasteiger partial charge in [-0.25, -0.2) is 0 Å². The number of thioether (sulfide) groups is 1. The molecule has 0 radical (unpaired) electrons. The topological polar surface area (TPSA) is 67.4 Å². The van der Waals surface area contributed by atoms with Gasteiger partial charge < -0.3 is 4.74 Å². The zero-order valence-electron chi connectivity index (χ0n) is 14.5. The van der Waals surface area contributed by atoms with Crippen LogP contribution >= 0.6 is 11.8 Å². The first-order chi connectivity index (χ1) is 12.0. The number of ether oxygens (including phenoxy) is 1.